The van der Waals surface area contributed by atoms with Crippen LogP contribution in [0.3, 0.4) is 0 Å². The van der Waals surface area contributed by atoms with Crippen LogP contribution in [0.1, 0.15) is 24.8 Å². The van der Waals surface area contributed by atoms with E-state index in [-0.39, 0.29) is 29.9 Å². The van der Waals surface area contributed by atoms with E-state index < -0.39 is 4.92 Å². The molecular formula is C21H19ClN4O4. The van der Waals surface area contributed by atoms with Crippen molar-refractivity contribution in [2.75, 3.05) is 6.54 Å². The van der Waals surface area contributed by atoms with E-state index in [0.717, 1.165) is 6.42 Å². The van der Waals surface area contributed by atoms with Crippen molar-refractivity contribution in [3.05, 3.63) is 81.2 Å². The largest absolute Gasteiger partial charge is 0.419 e. The minimum Gasteiger partial charge on any atom is -0.419 e. The van der Waals surface area contributed by atoms with Crippen molar-refractivity contribution in [1.29, 1.82) is 0 Å². The van der Waals surface area contributed by atoms with Crippen LogP contribution in [0.5, 0.6) is 0 Å². The van der Waals surface area contributed by atoms with E-state index in [1.165, 1.54) is 18.2 Å². The number of nitro groups is 1. The van der Waals surface area contributed by atoms with E-state index in [1.54, 1.807) is 41.3 Å². The van der Waals surface area contributed by atoms with Crippen LogP contribution in [0.2, 0.25) is 5.02 Å². The summed E-state index contributed by atoms with van der Waals surface area (Å²) in [5.41, 5.74) is 1.15. The van der Waals surface area contributed by atoms with Gasteiger partial charge >= 0.3 is 0 Å². The maximum atomic E-state index is 12.7. The monoisotopic (exact) mass is 426 g/mol. The zero-order valence-electron chi connectivity index (χ0n) is 16.2. The molecule has 0 spiro atoms. The molecule has 1 heterocycles. The molecule has 0 aliphatic heterocycles. The van der Waals surface area contributed by atoms with Gasteiger partial charge in [-0.3, -0.25) is 14.9 Å². The molecule has 3 aromatic rings. The van der Waals surface area contributed by atoms with Gasteiger partial charge in [0.1, 0.15) is 0 Å². The molecule has 0 bridgehead atoms. The number of rotatable bonds is 8. The summed E-state index contributed by atoms with van der Waals surface area (Å²) in [6.45, 7) is 2.58. The maximum absolute atomic E-state index is 12.7. The molecule has 3 rings (SSSR count). The van der Waals surface area contributed by atoms with Crippen LogP contribution in [0.4, 0.5) is 5.69 Å². The molecule has 2 aromatic carbocycles. The summed E-state index contributed by atoms with van der Waals surface area (Å²) in [7, 11) is 0. The second-order valence-corrected chi connectivity index (χ2v) is 6.83. The third-order valence-electron chi connectivity index (χ3n) is 4.20. The van der Waals surface area contributed by atoms with Crippen LogP contribution in [0.15, 0.2) is 59.0 Å². The van der Waals surface area contributed by atoms with Crippen LogP contribution in [0, 0.1) is 10.1 Å². The molecule has 1 aromatic heterocycles. The van der Waals surface area contributed by atoms with E-state index in [9.17, 15) is 14.9 Å². The van der Waals surface area contributed by atoms with Gasteiger partial charge in [-0.1, -0.05) is 42.8 Å². The lowest BCUT2D eigenvalue weighted by Crippen LogP contribution is -2.29. The molecule has 0 fully saturated rings. The average Bonchev–Trinajstić information content (AvgIpc) is 3.20. The number of non-ortho nitro benzene ring substituents is 1. The van der Waals surface area contributed by atoms with Gasteiger partial charge in [0.2, 0.25) is 17.7 Å². The molecule has 0 atom stereocenters. The number of aromatic nitrogens is 2. The van der Waals surface area contributed by atoms with E-state index in [0.29, 0.717) is 22.7 Å². The Bertz CT molecular complexity index is 1080. The van der Waals surface area contributed by atoms with Crippen LogP contribution >= 0.6 is 11.6 Å². The van der Waals surface area contributed by atoms with Crippen molar-refractivity contribution in [2.24, 2.45) is 0 Å². The molecule has 0 unspecified atom stereocenters. The number of nitro benzene ring substituents is 1. The highest BCUT2D eigenvalue weighted by molar-refractivity contribution is 6.33. The summed E-state index contributed by atoms with van der Waals surface area (Å²) >= 11 is 6.16. The minimum absolute atomic E-state index is 0.0343. The van der Waals surface area contributed by atoms with Gasteiger partial charge in [-0.05, 0) is 30.2 Å². The van der Waals surface area contributed by atoms with Gasteiger partial charge < -0.3 is 9.32 Å². The van der Waals surface area contributed by atoms with Gasteiger partial charge in [0.15, 0.2) is 0 Å². The fourth-order valence-corrected chi connectivity index (χ4v) is 2.99. The van der Waals surface area contributed by atoms with Crippen LogP contribution in [0.25, 0.3) is 17.5 Å². The SMILES string of the molecule is CCCN(Cc1nnc(-c2ccccc2Cl)o1)C(=O)C=Cc1cccc([N+](=O)[O-])c1. The van der Waals surface area contributed by atoms with Gasteiger partial charge in [-0.25, -0.2) is 0 Å². The summed E-state index contributed by atoms with van der Waals surface area (Å²) in [6.07, 6.45) is 3.66. The smallest absolute Gasteiger partial charge is 0.270 e. The molecule has 0 radical (unpaired) electrons. The highest BCUT2D eigenvalue weighted by atomic mass is 35.5. The van der Waals surface area contributed by atoms with Gasteiger partial charge in [0, 0.05) is 24.8 Å². The average molecular weight is 427 g/mol. The Morgan fingerprint density at radius 1 is 1.23 bits per heavy atom. The van der Waals surface area contributed by atoms with Crippen molar-refractivity contribution in [1.82, 2.24) is 15.1 Å². The first kappa shape index (κ1) is 21.2. The quantitative estimate of drug-likeness (QED) is 0.292. The van der Waals surface area contributed by atoms with E-state index in [1.807, 2.05) is 13.0 Å². The Kier molecular flexibility index (Phi) is 6.92. The topological polar surface area (TPSA) is 102 Å². The number of nitrogens with zero attached hydrogens (tertiary/aromatic N) is 4. The first-order valence-electron chi connectivity index (χ1n) is 9.26. The molecule has 30 heavy (non-hydrogen) atoms. The van der Waals surface area contributed by atoms with E-state index >= 15 is 0 Å². The normalized spacial score (nSPS) is 11.0. The fourth-order valence-electron chi connectivity index (χ4n) is 2.78. The Balaban J connectivity index is 1.73. The Hall–Kier alpha value is -3.52. The second kappa shape index (κ2) is 9.80. The van der Waals surface area contributed by atoms with Gasteiger partial charge in [-0.15, -0.1) is 10.2 Å². The number of amides is 1. The van der Waals surface area contributed by atoms with Crippen molar-refractivity contribution in [2.45, 2.75) is 19.9 Å². The predicted octanol–water partition coefficient (Wildman–Crippen LogP) is 4.75. The highest BCUT2D eigenvalue weighted by Gasteiger charge is 2.17. The molecule has 154 valence electrons. The zero-order valence-corrected chi connectivity index (χ0v) is 17.0. The van der Waals surface area contributed by atoms with Crippen molar-refractivity contribution < 1.29 is 14.1 Å². The highest BCUT2D eigenvalue weighted by Crippen LogP contribution is 2.26. The van der Waals surface area contributed by atoms with E-state index in [2.05, 4.69) is 10.2 Å². The fraction of sp³-hybridized carbons (Fsp3) is 0.190. The maximum Gasteiger partial charge on any atom is 0.270 e. The summed E-state index contributed by atoms with van der Waals surface area (Å²) in [6, 6.07) is 13.2. The number of benzene rings is 2. The molecule has 8 nitrogen and oxygen atoms in total. The standard InChI is InChI=1S/C21H19ClN4O4/c1-2-12-25(20(27)11-10-15-6-5-7-16(13-15)26(28)29)14-19-23-24-21(30-19)17-8-3-4-9-18(17)22/h3-11,13H,2,12,14H2,1H3. The van der Waals surface area contributed by atoms with Gasteiger partial charge in [0.05, 0.1) is 22.1 Å². The molecule has 1 amide bonds. The molecule has 0 aliphatic carbocycles. The number of hydrogen-bond acceptors (Lipinski definition) is 6. The van der Waals surface area contributed by atoms with Crippen LogP contribution in [-0.2, 0) is 11.3 Å². The van der Waals surface area contributed by atoms with Gasteiger partial charge in [-0.2, -0.15) is 0 Å². The third-order valence-corrected chi connectivity index (χ3v) is 4.53. The lowest BCUT2D eigenvalue weighted by Gasteiger charge is -2.18. The zero-order chi connectivity index (χ0) is 21.5. The van der Waals surface area contributed by atoms with Crippen molar-refractivity contribution in [3.63, 3.8) is 0 Å². The Morgan fingerprint density at radius 3 is 2.77 bits per heavy atom. The first-order valence-corrected chi connectivity index (χ1v) is 9.64. The van der Waals surface area contributed by atoms with Crippen molar-refractivity contribution in [3.8, 4) is 11.5 Å². The van der Waals surface area contributed by atoms with Gasteiger partial charge in [0.25, 0.3) is 5.69 Å². The lowest BCUT2D eigenvalue weighted by atomic mass is 10.2. The summed E-state index contributed by atoms with van der Waals surface area (Å²) in [4.78, 5) is 24.6. The lowest BCUT2D eigenvalue weighted by molar-refractivity contribution is -0.384. The minimum atomic E-state index is -0.477. The number of hydrogen-bond donors (Lipinski definition) is 0. The molecule has 0 aliphatic rings. The van der Waals surface area contributed by atoms with E-state index in [4.69, 9.17) is 16.0 Å². The molecule has 0 saturated carbocycles. The summed E-state index contributed by atoms with van der Waals surface area (Å²) in [5, 5.41) is 19.4. The number of carbonyl (C=O) groups is 1. The Labute approximate surface area is 177 Å². The third kappa shape index (κ3) is 5.30. The molecule has 9 heteroatoms. The second-order valence-electron chi connectivity index (χ2n) is 6.43. The molecule has 0 N–H and O–H groups in total. The van der Waals surface area contributed by atoms with Crippen LogP contribution in [-0.4, -0.2) is 32.5 Å². The number of halogens is 1. The number of carbonyl (C=O) groups excluding carboxylic acids is 1. The van der Waals surface area contributed by atoms with Crippen LogP contribution < -0.4 is 0 Å². The first-order chi connectivity index (χ1) is 14.5. The molecule has 0 saturated heterocycles. The van der Waals surface area contributed by atoms with Crippen molar-refractivity contribution >= 4 is 29.3 Å². The summed E-state index contributed by atoms with van der Waals surface area (Å²) < 4.78 is 5.68. The Morgan fingerprint density at radius 2 is 2.03 bits per heavy atom. The summed E-state index contributed by atoms with van der Waals surface area (Å²) in [5.74, 6) is 0.308. The molecular weight excluding hydrogens is 408 g/mol. The predicted molar refractivity (Wildman–Crippen MR) is 113 cm³/mol.